The molecule has 1 aliphatic heterocycles. The van der Waals surface area contributed by atoms with Gasteiger partial charge in [-0.1, -0.05) is 12.1 Å². The average Bonchev–Trinajstić information content (AvgIpc) is 2.33. The van der Waals surface area contributed by atoms with Crippen LogP contribution in [0, 0.1) is 5.82 Å². The molecule has 0 saturated carbocycles. The summed E-state index contributed by atoms with van der Waals surface area (Å²) in [6, 6.07) is 6.14. The number of nitrogens with one attached hydrogen (secondary N) is 1. The zero-order chi connectivity index (χ0) is 13.1. The first-order valence-electron chi connectivity index (χ1n) is 6.15. The number of nitrogens with two attached hydrogens (primary N) is 1. The van der Waals surface area contributed by atoms with Crippen LogP contribution in [0.5, 0.6) is 0 Å². The molecule has 1 saturated heterocycles. The van der Waals surface area contributed by atoms with Crippen molar-refractivity contribution in [3.63, 3.8) is 0 Å². The van der Waals surface area contributed by atoms with Gasteiger partial charge >= 0.3 is 0 Å². The minimum Gasteiger partial charge on any atom is -0.355 e. The van der Waals surface area contributed by atoms with Crippen LogP contribution in [0.25, 0.3) is 0 Å². The Morgan fingerprint density at radius 2 is 2.22 bits per heavy atom. The number of hydrogen-bond acceptors (Lipinski definition) is 3. The lowest BCUT2D eigenvalue weighted by atomic mass is 10.0. The highest BCUT2D eigenvalue weighted by Gasteiger charge is 2.33. The van der Waals surface area contributed by atoms with E-state index < -0.39 is 0 Å². The van der Waals surface area contributed by atoms with Gasteiger partial charge in [-0.15, -0.1) is 0 Å². The number of hydrogen-bond donors (Lipinski definition) is 2. The molecular formula is C13H18FN3O. The van der Waals surface area contributed by atoms with Crippen LogP contribution in [0.4, 0.5) is 10.1 Å². The van der Waals surface area contributed by atoms with Gasteiger partial charge in [0.25, 0.3) is 0 Å². The van der Waals surface area contributed by atoms with Gasteiger partial charge in [0, 0.05) is 12.6 Å². The second-order valence-electron chi connectivity index (χ2n) is 4.61. The van der Waals surface area contributed by atoms with Crippen LogP contribution < -0.4 is 16.0 Å². The van der Waals surface area contributed by atoms with Gasteiger partial charge in [0.1, 0.15) is 11.9 Å². The average molecular weight is 251 g/mol. The van der Waals surface area contributed by atoms with E-state index in [1.165, 1.54) is 6.07 Å². The van der Waals surface area contributed by atoms with Crippen molar-refractivity contribution in [3.05, 3.63) is 30.1 Å². The van der Waals surface area contributed by atoms with Crippen LogP contribution in [-0.4, -0.2) is 31.1 Å². The Morgan fingerprint density at radius 3 is 2.89 bits per heavy atom. The molecule has 1 heterocycles. The summed E-state index contributed by atoms with van der Waals surface area (Å²) in [7, 11) is 0. The van der Waals surface area contributed by atoms with Crippen LogP contribution in [0.1, 0.15) is 13.3 Å². The van der Waals surface area contributed by atoms with Crippen LogP contribution in [0.3, 0.4) is 0 Å². The predicted octanol–water partition coefficient (Wildman–Crippen LogP) is 0.868. The number of rotatable bonds is 3. The first kappa shape index (κ1) is 12.8. The molecule has 2 unspecified atom stereocenters. The van der Waals surface area contributed by atoms with Crippen molar-refractivity contribution >= 4 is 11.6 Å². The molecule has 2 rings (SSSR count). The standard InChI is InChI=1S/C13H18FN3O/c1-9-8-17(11-5-3-2-4-10(11)14)12(6-7-15)13(18)16-9/h2-5,9,12H,6-8,15H2,1H3,(H,16,18). The monoisotopic (exact) mass is 251 g/mol. The van der Waals surface area contributed by atoms with E-state index in [-0.39, 0.29) is 23.8 Å². The van der Waals surface area contributed by atoms with Gasteiger partial charge in [-0.3, -0.25) is 4.79 Å². The predicted molar refractivity (Wildman–Crippen MR) is 68.8 cm³/mol. The molecule has 0 bridgehead atoms. The van der Waals surface area contributed by atoms with Crippen molar-refractivity contribution in [3.8, 4) is 0 Å². The first-order chi connectivity index (χ1) is 8.63. The summed E-state index contributed by atoms with van der Waals surface area (Å²) < 4.78 is 13.8. The number of para-hydroxylation sites is 1. The number of nitrogens with zero attached hydrogens (tertiary/aromatic N) is 1. The highest BCUT2D eigenvalue weighted by atomic mass is 19.1. The number of anilines is 1. The normalized spacial score (nSPS) is 23.9. The van der Waals surface area contributed by atoms with Gasteiger partial charge in [0.05, 0.1) is 5.69 Å². The molecule has 0 aliphatic carbocycles. The number of piperazine rings is 1. The molecule has 0 aromatic heterocycles. The molecule has 18 heavy (non-hydrogen) atoms. The quantitative estimate of drug-likeness (QED) is 0.838. The van der Waals surface area contributed by atoms with E-state index in [1.807, 2.05) is 11.8 Å². The summed E-state index contributed by atoms with van der Waals surface area (Å²) in [6.45, 7) is 2.90. The van der Waals surface area contributed by atoms with Gasteiger partial charge in [0.15, 0.2) is 0 Å². The van der Waals surface area contributed by atoms with Crippen molar-refractivity contribution in [2.75, 3.05) is 18.0 Å². The Bertz CT molecular complexity index is 438. The van der Waals surface area contributed by atoms with E-state index in [2.05, 4.69) is 5.32 Å². The molecule has 1 aliphatic rings. The second kappa shape index (κ2) is 5.35. The summed E-state index contributed by atoms with van der Waals surface area (Å²) in [5.74, 6) is -0.385. The maximum Gasteiger partial charge on any atom is 0.243 e. The maximum atomic E-state index is 13.8. The zero-order valence-electron chi connectivity index (χ0n) is 10.4. The van der Waals surface area contributed by atoms with E-state index in [4.69, 9.17) is 5.73 Å². The third-order valence-corrected chi connectivity index (χ3v) is 3.14. The molecule has 4 nitrogen and oxygen atoms in total. The van der Waals surface area contributed by atoms with Gasteiger partial charge < -0.3 is 16.0 Å². The minimum atomic E-state index is -0.386. The van der Waals surface area contributed by atoms with Gasteiger partial charge in [-0.05, 0) is 32.0 Å². The third kappa shape index (κ3) is 2.46. The van der Waals surface area contributed by atoms with Crippen LogP contribution in [0.2, 0.25) is 0 Å². The van der Waals surface area contributed by atoms with Gasteiger partial charge in [-0.25, -0.2) is 4.39 Å². The van der Waals surface area contributed by atoms with E-state index in [0.717, 1.165) is 0 Å². The molecule has 0 radical (unpaired) electrons. The fraction of sp³-hybridized carbons (Fsp3) is 0.462. The smallest absolute Gasteiger partial charge is 0.243 e. The van der Waals surface area contributed by atoms with E-state index in [0.29, 0.717) is 25.2 Å². The fourth-order valence-electron chi connectivity index (χ4n) is 2.34. The van der Waals surface area contributed by atoms with E-state index in [9.17, 15) is 9.18 Å². The lowest BCUT2D eigenvalue weighted by Gasteiger charge is -2.39. The highest BCUT2D eigenvalue weighted by molar-refractivity contribution is 5.87. The number of benzene rings is 1. The summed E-state index contributed by atoms with van der Waals surface area (Å²) in [5, 5.41) is 2.87. The lowest BCUT2D eigenvalue weighted by molar-refractivity contribution is -0.124. The van der Waals surface area contributed by atoms with Crippen molar-refractivity contribution in [1.82, 2.24) is 5.32 Å². The van der Waals surface area contributed by atoms with E-state index in [1.54, 1.807) is 18.2 Å². The number of carbonyl (C=O) groups excluding carboxylic acids is 1. The molecule has 0 spiro atoms. The van der Waals surface area contributed by atoms with Gasteiger partial charge in [-0.2, -0.15) is 0 Å². The number of amides is 1. The molecule has 3 N–H and O–H groups in total. The Morgan fingerprint density at radius 1 is 1.50 bits per heavy atom. The maximum absolute atomic E-state index is 13.8. The molecular weight excluding hydrogens is 233 g/mol. The summed E-state index contributed by atoms with van der Waals surface area (Å²) in [4.78, 5) is 13.8. The van der Waals surface area contributed by atoms with Gasteiger partial charge in [0.2, 0.25) is 5.91 Å². The van der Waals surface area contributed by atoms with Crippen molar-refractivity contribution in [1.29, 1.82) is 0 Å². The summed E-state index contributed by atoms with van der Waals surface area (Å²) >= 11 is 0. The summed E-state index contributed by atoms with van der Waals surface area (Å²) in [6.07, 6.45) is 0.521. The van der Waals surface area contributed by atoms with Crippen molar-refractivity contribution in [2.45, 2.75) is 25.4 Å². The molecule has 1 amide bonds. The van der Waals surface area contributed by atoms with Crippen LogP contribution >= 0.6 is 0 Å². The highest BCUT2D eigenvalue weighted by Crippen LogP contribution is 2.24. The Labute approximate surface area is 106 Å². The van der Waals surface area contributed by atoms with Crippen molar-refractivity contribution < 1.29 is 9.18 Å². The summed E-state index contributed by atoms with van der Waals surface area (Å²) in [5.41, 5.74) is 6.00. The molecule has 98 valence electrons. The molecule has 1 aromatic carbocycles. The number of halogens is 1. The van der Waals surface area contributed by atoms with E-state index >= 15 is 0 Å². The largest absolute Gasteiger partial charge is 0.355 e. The lowest BCUT2D eigenvalue weighted by Crippen LogP contribution is -2.60. The van der Waals surface area contributed by atoms with Crippen LogP contribution in [0.15, 0.2) is 24.3 Å². The molecule has 1 aromatic rings. The molecule has 1 fully saturated rings. The molecule has 2 atom stereocenters. The SMILES string of the molecule is CC1CN(c2ccccc2F)C(CCN)C(=O)N1. The number of carbonyl (C=O) groups is 1. The Hall–Kier alpha value is -1.62. The minimum absolute atomic E-state index is 0.00568. The molecule has 5 heteroatoms. The zero-order valence-corrected chi connectivity index (χ0v) is 10.4. The Kier molecular flexibility index (Phi) is 3.81. The first-order valence-corrected chi connectivity index (χ1v) is 6.15. The second-order valence-corrected chi connectivity index (χ2v) is 4.61. The fourth-order valence-corrected chi connectivity index (χ4v) is 2.34. The third-order valence-electron chi connectivity index (χ3n) is 3.14. The Balaban J connectivity index is 2.32. The van der Waals surface area contributed by atoms with Crippen LogP contribution in [-0.2, 0) is 4.79 Å². The topological polar surface area (TPSA) is 58.4 Å². The van der Waals surface area contributed by atoms with Crippen molar-refractivity contribution in [2.24, 2.45) is 5.73 Å².